The van der Waals surface area contributed by atoms with Crippen molar-refractivity contribution in [3.8, 4) is 0 Å². The summed E-state index contributed by atoms with van der Waals surface area (Å²) in [6, 6.07) is 4.42. The highest BCUT2D eigenvalue weighted by atomic mass is 16.6. The Hall–Kier alpha value is -2.31. The van der Waals surface area contributed by atoms with E-state index >= 15 is 0 Å². The number of rotatable bonds is 7. The number of hydrogen-bond acceptors (Lipinski definition) is 5. The molecule has 1 aromatic rings. The Bertz CT molecular complexity index is 531. The summed E-state index contributed by atoms with van der Waals surface area (Å²) in [5.41, 5.74) is 6.69. The molecular weight excluding hydrogens is 272 g/mol. The second kappa shape index (κ2) is 7.47. The first-order valence-electron chi connectivity index (χ1n) is 6.95. The SMILES string of the molecule is CCC(C)CN(CC)c1ccc([N+](=O)[O-])cc1C(N)=NO. The fraction of sp³-hybridized carbons (Fsp3) is 0.500. The molecule has 1 atom stereocenters. The molecule has 0 aromatic heterocycles. The van der Waals surface area contributed by atoms with Gasteiger partial charge < -0.3 is 15.8 Å². The molecule has 0 bridgehead atoms. The van der Waals surface area contributed by atoms with Gasteiger partial charge in [-0.2, -0.15) is 0 Å². The van der Waals surface area contributed by atoms with Crippen LogP contribution in [0.3, 0.4) is 0 Å². The average molecular weight is 294 g/mol. The summed E-state index contributed by atoms with van der Waals surface area (Å²) in [4.78, 5) is 12.5. The monoisotopic (exact) mass is 294 g/mol. The van der Waals surface area contributed by atoms with Crippen LogP contribution in [0.15, 0.2) is 23.4 Å². The molecule has 0 spiro atoms. The fourth-order valence-corrected chi connectivity index (χ4v) is 2.08. The number of nitro groups is 1. The zero-order valence-electron chi connectivity index (χ0n) is 12.6. The Morgan fingerprint density at radius 2 is 2.19 bits per heavy atom. The Morgan fingerprint density at radius 3 is 2.67 bits per heavy atom. The number of hydrogen-bond donors (Lipinski definition) is 2. The predicted molar refractivity (Wildman–Crippen MR) is 82.9 cm³/mol. The maximum atomic E-state index is 10.9. The Morgan fingerprint density at radius 1 is 1.52 bits per heavy atom. The van der Waals surface area contributed by atoms with E-state index in [0.717, 1.165) is 25.2 Å². The number of oxime groups is 1. The van der Waals surface area contributed by atoms with Crippen molar-refractivity contribution in [2.45, 2.75) is 27.2 Å². The average Bonchev–Trinajstić information content (AvgIpc) is 2.50. The summed E-state index contributed by atoms with van der Waals surface area (Å²) in [5.74, 6) is 0.344. The fourth-order valence-electron chi connectivity index (χ4n) is 2.08. The lowest BCUT2D eigenvalue weighted by molar-refractivity contribution is -0.384. The van der Waals surface area contributed by atoms with Gasteiger partial charge >= 0.3 is 0 Å². The van der Waals surface area contributed by atoms with Crippen molar-refractivity contribution in [1.82, 2.24) is 0 Å². The van der Waals surface area contributed by atoms with Crippen molar-refractivity contribution in [1.29, 1.82) is 0 Å². The van der Waals surface area contributed by atoms with Crippen molar-refractivity contribution in [2.24, 2.45) is 16.8 Å². The van der Waals surface area contributed by atoms with E-state index in [0.29, 0.717) is 11.5 Å². The van der Waals surface area contributed by atoms with Gasteiger partial charge in [0.1, 0.15) is 0 Å². The van der Waals surface area contributed by atoms with E-state index in [2.05, 4.69) is 23.9 Å². The highest BCUT2D eigenvalue weighted by Crippen LogP contribution is 2.26. The van der Waals surface area contributed by atoms with E-state index in [1.165, 1.54) is 12.1 Å². The van der Waals surface area contributed by atoms with Crippen LogP contribution in [0.4, 0.5) is 11.4 Å². The van der Waals surface area contributed by atoms with Gasteiger partial charge in [-0.3, -0.25) is 10.1 Å². The van der Waals surface area contributed by atoms with Crippen molar-refractivity contribution >= 4 is 17.2 Å². The number of benzene rings is 1. The highest BCUT2D eigenvalue weighted by molar-refractivity contribution is 6.02. The zero-order valence-corrected chi connectivity index (χ0v) is 12.6. The third-order valence-electron chi connectivity index (χ3n) is 3.53. The molecule has 0 saturated carbocycles. The molecule has 0 saturated heterocycles. The number of anilines is 1. The first-order chi connectivity index (χ1) is 9.94. The van der Waals surface area contributed by atoms with Crippen LogP contribution in [0.5, 0.6) is 0 Å². The van der Waals surface area contributed by atoms with E-state index in [4.69, 9.17) is 10.9 Å². The normalized spacial score (nSPS) is 13.0. The molecule has 0 radical (unpaired) electrons. The first kappa shape index (κ1) is 16.7. The molecule has 21 heavy (non-hydrogen) atoms. The molecule has 7 heteroatoms. The summed E-state index contributed by atoms with van der Waals surface area (Å²) in [5, 5.41) is 22.8. The summed E-state index contributed by atoms with van der Waals surface area (Å²) in [6.45, 7) is 7.78. The van der Waals surface area contributed by atoms with Gasteiger partial charge in [-0.05, 0) is 18.9 Å². The largest absolute Gasteiger partial charge is 0.409 e. The molecule has 1 unspecified atom stereocenters. The van der Waals surface area contributed by atoms with Crippen LogP contribution in [-0.2, 0) is 0 Å². The van der Waals surface area contributed by atoms with Crippen molar-refractivity contribution in [2.75, 3.05) is 18.0 Å². The van der Waals surface area contributed by atoms with Gasteiger partial charge in [0.2, 0.25) is 0 Å². The third kappa shape index (κ3) is 4.08. The van der Waals surface area contributed by atoms with E-state index in [-0.39, 0.29) is 11.5 Å². The Labute approximate surface area is 124 Å². The molecule has 0 aliphatic heterocycles. The van der Waals surface area contributed by atoms with Crippen LogP contribution < -0.4 is 10.6 Å². The number of amidine groups is 1. The number of nitro benzene ring substituents is 1. The number of nitrogens with two attached hydrogens (primary N) is 1. The lowest BCUT2D eigenvalue weighted by atomic mass is 10.1. The second-order valence-corrected chi connectivity index (χ2v) is 5.00. The van der Waals surface area contributed by atoms with Crippen LogP contribution in [0.25, 0.3) is 0 Å². The van der Waals surface area contributed by atoms with E-state index in [9.17, 15) is 10.1 Å². The van der Waals surface area contributed by atoms with Crippen LogP contribution in [-0.4, -0.2) is 29.1 Å². The lowest BCUT2D eigenvalue weighted by Crippen LogP contribution is -2.30. The van der Waals surface area contributed by atoms with Crippen molar-refractivity contribution < 1.29 is 10.1 Å². The van der Waals surface area contributed by atoms with E-state index < -0.39 is 4.92 Å². The molecule has 0 heterocycles. The van der Waals surface area contributed by atoms with Gasteiger partial charge in [0, 0.05) is 30.9 Å². The van der Waals surface area contributed by atoms with Gasteiger partial charge in [0.25, 0.3) is 5.69 Å². The summed E-state index contributed by atoms with van der Waals surface area (Å²) < 4.78 is 0. The molecule has 0 aliphatic rings. The quantitative estimate of drug-likeness (QED) is 0.264. The maximum absolute atomic E-state index is 10.9. The molecule has 0 aliphatic carbocycles. The molecule has 7 nitrogen and oxygen atoms in total. The van der Waals surface area contributed by atoms with Crippen LogP contribution in [0, 0.1) is 16.0 Å². The molecular formula is C14H22N4O3. The van der Waals surface area contributed by atoms with Gasteiger partial charge in [-0.25, -0.2) is 0 Å². The van der Waals surface area contributed by atoms with Gasteiger partial charge in [0.15, 0.2) is 5.84 Å². The van der Waals surface area contributed by atoms with Gasteiger partial charge in [0.05, 0.1) is 10.5 Å². The smallest absolute Gasteiger partial charge is 0.270 e. The standard InChI is InChI=1S/C14H22N4O3/c1-4-10(3)9-17(5-2)13-7-6-11(18(20)21)8-12(13)14(15)16-19/h6-8,10,19H,4-5,9H2,1-3H3,(H2,15,16). The summed E-state index contributed by atoms with van der Waals surface area (Å²) in [7, 11) is 0. The molecule has 3 N–H and O–H groups in total. The summed E-state index contributed by atoms with van der Waals surface area (Å²) in [6.07, 6.45) is 1.03. The van der Waals surface area contributed by atoms with Gasteiger partial charge in [-0.1, -0.05) is 25.4 Å². The highest BCUT2D eigenvalue weighted by Gasteiger charge is 2.18. The Balaban J connectivity index is 3.29. The molecule has 0 fully saturated rings. The van der Waals surface area contributed by atoms with Crippen LogP contribution >= 0.6 is 0 Å². The van der Waals surface area contributed by atoms with E-state index in [1.54, 1.807) is 6.07 Å². The number of nitrogens with zero attached hydrogens (tertiary/aromatic N) is 3. The number of non-ortho nitro benzene ring substituents is 1. The Kier molecular flexibility index (Phi) is 5.95. The predicted octanol–water partition coefficient (Wildman–Crippen LogP) is 2.56. The third-order valence-corrected chi connectivity index (χ3v) is 3.53. The van der Waals surface area contributed by atoms with Crippen molar-refractivity contribution in [3.63, 3.8) is 0 Å². The van der Waals surface area contributed by atoms with Crippen LogP contribution in [0.1, 0.15) is 32.8 Å². The lowest BCUT2D eigenvalue weighted by Gasteiger charge is -2.28. The first-order valence-corrected chi connectivity index (χ1v) is 6.95. The molecule has 1 rings (SSSR count). The second-order valence-electron chi connectivity index (χ2n) is 5.00. The zero-order chi connectivity index (χ0) is 16.0. The molecule has 1 aromatic carbocycles. The summed E-state index contributed by atoms with van der Waals surface area (Å²) >= 11 is 0. The van der Waals surface area contributed by atoms with Crippen molar-refractivity contribution in [3.05, 3.63) is 33.9 Å². The van der Waals surface area contributed by atoms with E-state index in [1.807, 2.05) is 6.92 Å². The molecule has 116 valence electrons. The molecule has 0 amide bonds. The minimum Gasteiger partial charge on any atom is -0.409 e. The minimum absolute atomic E-state index is 0.0834. The minimum atomic E-state index is -0.497. The topological polar surface area (TPSA) is 105 Å². The van der Waals surface area contributed by atoms with Crippen LogP contribution in [0.2, 0.25) is 0 Å². The van der Waals surface area contributed by atoms with Gasteiger partial charge in [-0.15, -0.1) is 0 Å². The maximum Gasteiger partial charge on any atom is 0.270 e.